The van der Waals surface area contributed by atoms with Crippen LogP contribution in [-0.4, -0.2) is 85.7 Å². The number of nitrogens with one attached hydrogen (secondary N) is 1. The molecule has 4 aliphatic heterocycles. The molecule has 3 fully saturated rings. The van der Waals surface area contributed by atoms with Gasteiger partial charge in [-0.05, 0) is 83.5 Å². The number of benzene rings is 1. The lowest BCUT2D eigenvalue weighted by Gasteiger charge is -2.35. The Hall–Kier alpha value is -1.93. The van der Waals surface area contributed by atoms with E-state index >= 15 is 0 Å². The third kappa shape index (κ3) is 5.35. The Morgan fingerprint density at radius 3 is 2.15 bits per heavy atom. The number of hydrogen-bond donors (Lipinski definition) is 1. The van der Waals surface area contributed by atoms with Gasteiger partial charge in [-0.15, -0.1) is 11.3 Å². The summed E-state index contributed by atoms with van der Waals surface area (Å²) in [6.45, 7) is 16.2. The standard InChI is InChI=1S/C33H48N4O2S/c1-22-18-23(2)20-24(19-22)30-27(10-11-35-12-14-36(15-13-35)16-17-39-5)28-21-29(40-31(28)34-30)33(3,4)32(38)37-25-6-7-26(37)9-8-25/h18-21,25-27,30,34H,6-17H2,1-5H3. The average Bonchev–Trinajstić information content (AvgIpc) is 3.71. The van der Waals surface area contributed by atoms with Crippen LogP contribution in [0.5, 0.6) is 0 Å². The maximum Gasteiger partial charge on any atom is 0.233 e. The van der Waals surface area contributed by atoms with Crippen LogP contribution >= 0.6 is 11.3 Å². The fourth-order valence-electron chi connectivity index (χ4n) is 7.80. The summed E-state index contributed by atoms with van der Waals surface area (Å²) < 4.78 is 5.29. The second-order valence-electron chi connectivity index (χ2n) is 13.3. The summed E-state index contributed by atoms with van der Waals surface area (Å²) in [4.78, 5) is 22.6. The predicted octanol–water partition coefficient (Wildman–Crippen LogP) is 5.70. The van der Waals surface area contributed by atoms with Gasteiger partial charge in [0.25, 0.3) is 0 Å². The quantitative estimate of drug-likeness (QED) is 0.423. The Morgan fingerprint density at radius 2 is 1.55 bits per heavy atom. The first-order valence-electron chi connectivity index (χ1n) is 15.5. The van der Waals surface area contributed by atoms with Crippen molar-refractivity contribution in [3.63, 3.8) is 0 Å². The van der Waals surface area contributed by atoms with Crippen molar-refractivity contribution in [3.05, 3.63) is 51.4 Å². The first-order chi connectivity index (χ1) is 19.2. The third-order valence-electron chi connectivity index (χ3n) is 10.1. The van der Waals surface area contributed by atoms with Gasteiger partial charge in [0.1, 0.15) is 0 Å². The fraction of sp³-hybridized carbons (Fsp3) is 0.667. The highest BCUT2D eigenvalue weighted by atomic mass is 32.1. The zero-order chi connectivity index (χ0) is 28.0. The molecule has 0 spiro atoms. The first-order valence-corrected chi connectivity index (χ1v) is 16.3. The molecule has 2 unspecified atom stereocenters. The number of carbonyl (C=O) groups excluding carboxylic acids is 1. The molecule has 7 heteroatoms. The van der Waals surface area contributed by atoms with Crippen LogP contribution in [0.2, 0.25) is 0 Å². The van der Waals surface area contributed by atoms with Crippen molar-refractivity contribution in [1.82, 2.24) is 14.7 Å². The molecule has 2 bridgehead atoms. The van der Waals surface area contributed by atoms with Crippen LogP contribution in [0, 0.1) is 13.8 Å². The van der Waals surface area contributed by atoms with Gasteiger partial charge < -0.3 is 19.9 Å². The lowest BCUT2D eigenvalue weighted by Crippen LogP contribution is -2.47. The minimum Gasteiger partial charge on any atom is -0.383 e. The number of fused-ring (bicyclic) bond motifs is 3. The largest absolute Gasteiger partial charge is 0.383 e. The number of carbonyl (C=O) groups is 1. The second-order valence-corrected chi connectivity index (χ2v) is 14.4. The molecule has 218 valence electrons. The Kier molecular flexibility index (Phi) is 8.03. The van der Waals surface area contributed by atoms with Crippen molar-refractivity contribution < 1.29 is 9.53 Å². The zero-order valence-electron chi connectivity index (χ0n) is 25.2. The second kappa shape index (κ2) is 11.4. The van der Waals surface area contributed by atoms with E-state index in [0.717, 1.165) is 52.3 Å². The van der Waals surface area contributed by atoms with Crippen LogP contribution in [0.3, 0.4) is 0 Å². The molecule has 6 rings (SSSR count). The van der Waals surface area contributed by atoms with Crippen molar-refractivity contribution in [2.24, 2.45) is 0 Å². The Morgan fingerprint density at radius 1 is 0.950 bits per heavy atom. The number of anilines is 1. The summed E-state index contributed by atoms with van der Waals surface area (Å²) in [5.41, 5.74) is 4.98. The number of piperazine rings is 1. The number of hydrogen-bond acceptors (Lipinski definition) is 6. The summed E-state index contributed by atoms with van der Waals surface area (Å²) in [5.74, 6) is 0.743. The molecule has 0 aliphatic carbocycles. The lowest BCUT2D eigenvalue weighted by atomic mass is 9.84. The summed E-state index contributed by atoms with van der Waals surface area (Å²) >= 11 is 1.83. The van der Waals surface area contributed by atoms with Gasteiger partial charge >= 0.3 is 0 Å². The Labute approximate surface area is 245 Å². The summed E-state index contributed by atoms with van der Waals surface area (Å²) in [6, 6.07) is 10.6. The summed E-state index contributed by atoms with van der Waals surface area (Å²) in [7, 11) is 1.79. The highest BCUT2D eigenvalue weighted by Crippen LogP contribution is 2.52. The van der Waals surface area contributed by atoms with Crippen molar-refractivity contribution in [2.45, 2.75) is 89.3 Å². The van der Waals surface area contributed by atoms with E-state index in [9.17, 15) is 4.79 Å². The number of methoxy groups -OCH3 is 1. The minimum absolute atomic E-state index is 0.283. The van der Waals surface area contributed by atoms with Crippen LogP contribution in [0.4, 0.5) is 5.00 Å². The Bertz CT molecular complexity index is 1180. The van der Waals surface area contributed by atoms with Gasteiger partial charge in [-0.2, -0.15) is 0 Å². The molecule has 40 heavy (non-hydrogen) atoms. The van der Waals surface area contributed by atoms with Crippen molar-refractivity contribution in [1.29, 1.82) is 0 Å². The zero-order valence-corrected chi connectivity index (χ0v) is 26.0. The van der Waals surface area contributed by atoms with Crippen molar-refractivity contribution in [2.75, 3.05) is 58.3 Å². The minimum atomic E-state index is -0.486. The molecular formula is C33H48N4O2S. The van der Waals surface area contributed by atoms with Crippen LogP contribution in [0.1, 0.15) is 85.0 Å². The van der Waals surface area contributed by atoms with Gasteiger partial charge in [0.2, 0.25) is 5.91 Å². The van der Waals surface area contributed by atoms with Gasteiger partial charge in [-0.1, -0.05) is 29.3 Å². The van der Waals surface area contributed by atoms with E-state index in [1.165, 1.54) is 57.8 Å². The molecule has 1 aromatic heterocycles. The lowest BCUT2D eigenvalue weighted by molar-refractivity contribution is -0.137. The molecule has 5 heterocycles. The molecule has 0 saturated carbocycles. The topological polar surface area (TPSA) is 48.1 Å². The van der Waals surface area contributed by atoms with Gasteiger partial charge in [-0.25, -0.2) is 0 Å². The number of rotatable bonds is 9. The number of amides is 1. The maximum atomic E-state index is 13.9. The van der Waals surface area contributed by atoms with E-state index in [1.807, 2.05) is 11.3 Å². The molecule has 2 aromatic rings. The number of ether oxygens (including phenoxy) is 1. The molecule has 1 amide bonds. The Balaban J connectivity index is 1.21. The molecule has 4 aliphatic rings. The van der Waals surface area contributed by atoms with Gasteiger partial charge in [0, 0.05) is 62.7 Å². The molecule has 3 saturated heterocycles. The van der Waals surface area contributed by atoms with E-state index in [-0.39, 0.29) is 6.04 Å². The summed E-state index contributed by atoms with van der Waals surface area (Å²) in [6.07, 6.45) is 5.88. The number of thiophene rings is 1. The molecule has 0 radical (unpaired) electrons. The van der Waals surface area contributed by atoms with Crippen molar-refractivity contribution in [3.8, 4) is 0 Å². The van der Waals surface area contributed by atoms with E-state index in [1.54, 1.807) is 7.11 Å². The molecule has 1 N–H and O–H groups in total. The predicted molar refractivity (Wildman–Crippen MR) is 165 cm³/mol. The van der Waals surface area contributed by atoms with Crippen LogP contribution < -0.4 is 5.32 Å². The van der Waals surface area contributed by atoms with Crippen LogP contribution in [0.25, 0.3) is 0 Å². The monoisotopic (exact) mass is 564 g/mol. The van der Waals surface area contributed by atoms with E-state index in [2.05, 4.69) is 72.0 Å². The van der Waals surface area contributed by atoms with Crippen molar-refractivity contribution >= 4 is 22.2 Å². The third-order valence-corrected chi connectivity index (χ3v) is 11.5. The van der Waals surface area contributed by atoms with Crippen LogP contribution in [0.15, 0.2) is 24.3 Å². The summed E-state index contributed by atoms with van der Waals surface area (Å²) in [5, 5.41) is 5.23. The van der Waals surface area contributed by atoms with Gasteiger partial charge in [0.15, 0.2) is 0 Å². The average molecular weight is 565 g/mol. The smallest absolute Gasteiger partial charge is 0.233 e. The number of aryl methyl sites for hydroxylation is 2. The SMILES string of the molecule is COCCN1CCN(CCC2c3cc(C(C)(C)C(=O)N4C5CCC4CC5)sc3NC2c2cc(C)cc(C)c2)CC1. The van der Waals surface area contributed by atoms with E-state index in [4.69, 9.17) is 4.74 Å². The van der Waals surface area contributed by atoms with E-state index < -0.39 is 5.41 Å². The fourth-order valence-corrected chi connectivity index (χ4v) is 9.06. The normalized spacial score (nSPS) is 26.9. The molecular weight excluding hydrogens is 516 g/mol. The van der Waals surface area contributed by atoms with Gasteiger partial charge in [0.05, 0.1) is 23.1 Å². The molecule has 6 nitrogen and oxygen atoms in total. The maximum absolute atomic E-state index is 13.9. The molecule has 2 atom stereocenters. The number of nitrogens with zero attached hydrogens (tertiary/aromatic N) is 3. The first kappa shape index (κ1) is 28.2. The highest BCUT2D eigenvalue weighted by molar-refractivity contribution is 7.16. The van der Waals surface area contributed by atoms with Crippen LogP contribution in [-0.2, 0) is 14.9 Å². The van der Waals surface area contributed by atoms with E-state index in [0.29, 0.717) is 23.9 Å². The van der Waals surface area contributed by atoms with Gasteiger partial charge in [-0.3, -0.25) is 9.69 Å². The highest BCUT2D eigenvalue weighted by Gasteiger charge is 2.48. The molecule has 1 aromatic carbocycles.